The summed E-state index contributed by atoms with van der Waals surface area (Å²) in [6, 6.07) is 13.4. The number of imidazole rings is 1. The first kappa shape index (κ1) is 20.6. The molecule has 10 heteroatoms. The molecule has 2 aromatic heterocycles. The summed E-state index contributed by atoms with van der Waals surface area (Å²) >= 11 is 0. The van der Waals surface area contributed by atoms with Crippen molar-refractivity contribution in [3.05, 3.63) is 84.4 Å². The number of rotatable bonds is 3. The van der Waals surface area contributed by atoms with E-state index in [4.69, 9.17) is 0 Å². The third-order valence-corrected chi connectivity index (χ3v) is 4.40. The van der Waals surface area contributed by atoms with Crippen LogP contribution in [0.2, 0.25) is 0 Å². The zero-order valence-electron chi connectivity index (χ0n) is 15.5. The van der Waals surface area contributed by atoms with E-state index in [1.54, 1.807) is 24.3 Å². The number of alkyl halides is 6. The Morgan fingerprint density at radius 3 is 1.94 bits per heavy atom. The lowest BCUT2D eigenvalue weighted by molar-refractivity contribution is -0.141. The fraction of sp³-hybridized carbons (Fsp3) is 0.0952. The van der Waals surface area contributed by atoms with Crippen LogP contribution >= 0.6 is 0 Å². The van der Waals surface area contributed by atoms with Crippen LogP contribution in [0, 0.1) is 0 Å². The van der Waals surface area contributed by atoms with Gasteiger partial charge in [-0.05, 0) is 18.2 Å². The Kier molecular flexibility index (Phi) is 5.00. The van der Waals surface area contributed by atoms with Crippen LogP contribution in [0.5, 0.6) is 0 Å². The molecule has 4 nitrogen and oxygen atoms in total. The van der Waals surface area contributed by atoms with Crippen molar-refractivity contribution < 1.29 is 26.3 Å². The van der Waals surface area contributed by atoms with Gasteiger partial charge in [0.15, 0.2) is 5.69 Å². The number of benzene rings is 2. The predicted octanol–water partition coefficient (Wildman–Crippen LogP) is 6.03. The Morgan fingerprint density at radius 1 is 0.677 bits per heavy atom. The van der Waals surface area contributed by atoms with Crippen LogP contribution in [0.3, 0.4) is 0 Å². The van der Waals surface area contributed by atoms with E-state index in [-0.39, 0.29) is 17.2 Å². The monoisotopic (exact) mass is 434 g/mol. The Labute approximate surface area is 171 Å². The second kappa shape index (κ2) is 7.53. The molecule has 0 aliphatic heterocycles. The third kappa shape index (κ3) is 4.42. The highest BCUT2D eigenvalue weighted by atomic mass is 19.4. The topological polar surface area (TPSA) is 43.6 Å². The van der Waals surface area contributed by atoms with Gasteiger partial charge >= 0.3 is 12.4 Å². The van der Waals surface area contributed by atoms with Crippen molar-refractivity contribution in [1.29, 1.82) is 0 Å². The molecule has 0 aliphatic rings. The van der Waals surface area contributed by atoms with Gasteiger partial charge in [-0.15, -0.1) is 0 Å². The second-order valence-corrected chi connectivity index (χ2v) is 6.54. The fourth-order valence-electron chi connectivity index (χ4n) is 2.86. The highest BCUT2D eigenvalue weighted by molar-refractivity contribution is 5.61. The van der Waals surface area contributed by atoms with Crippen LogP contribution in [0.25, 0.3) is 28.5 Å². The van der Waals surface area contributed by atoms with Crippen LogP contribution in [-0.4, -0.2) is 19.5 Å². The van der Waals surface area contributed by atoms with Gasteiger partial charge in [0.25, 0.3) is 0 Å². The predicted molar refractivity (Wildman–Crippen MR) is 100 cm³/mol. The number of hydrogen-bond acceptors (Lipinski definition) is 3. The molecule has 0 spiro atoms. The molecule has 0 unspecified atom stereocenters. The van der Waals surface area contributed by atoms with Crippen molar-refractivity contribution in [3.63, 3.8) is 0 Å². The molecule has 158 valence electrons. The summed E-state index contributed by atoms with van der Waals surface area (Å²) in [5.41, 5.74) is -0.966. The van der Waals surface area contributed by atoms with Gasteiger partial charge in [-0.2, -0.15) is 26.3 Å². The summed E-state index contributed by atoms with van der Waals surface area (Å²) in [6.45, 7) is 0. The number of nitrogens with zero attached hydrogens (tertiary/aromatic N) is 4. The first-order valence-electron chi connectivity index (χ1n) is 8.85. The lowest BCUT2D eigenvalue weighted by Gasteiger charge is -2.12. The molecular formula is C21H12F6N4. The molecule has 0 saturated carbocycles. The van der Waals surface area contributed by atoms with Crippen LogP contribution in [0.1, 0.15) is 11.3 Å². The molecule has 4 aromatic rings. The van der Waals surface area contributed by atoms with Gasteiger partial charge in [-0.1, -0.05) is 42.5 Å². The van der Waals surface area contributed by atoms with E-state index in [0.29, 0.717) is 11.8 Å². The van der Waals surface area contributed by atoms with E-state index in [1.165, 1.54) is 17.1 Å². The van der Waals surface area contributed by atoms with Crippen molar-refractivity contribution in [2.75, 3.05) is 0 Å². The molecule has 2 heterocycles. The van der Waals surface area contributed by atoms with Gasteiger partial charge in [0.05, 0.1) is 17.0 Å². The van der Waals surface area contributed by atoms with Gasteiger partial charge in [0.2, 0.25) is 5.95 Å². The fourth-order valence-corrected chi connectivity index (χ4v) is 2.86. The molecule has 4 rings (SSSR count). The van der Waals surface area contributed by atoms with Gasteiger partial charge < -0.3 is 0 Å². The summed E-state index contributed by atoms with van der Waals surface area (Å²) in [7, 11) is 0. The zero-order chi connectivity index (χ0) is 22.2. The molecule has 0 amide bonds. The lowest BCUT2D eigenvalue weighted by atomic mass is 10.1. The third-order valence-electron chi connectivity index (χ3n) is 4.40. The minimum atomic E-state index is -4.78. The van der Waals surface area contributed by atoms with Crippen LogP contribution < -0.4 is 0 Å². The molecule has 31 heavy (non-hydrogen) atoms. The Morgan fingerprint density at radius 2 is 1.32 bits per heavy atom. The molecule has 0 aliphatic carbocycles. The summed E-state index contributed by atoms with van der Waals surface area (Å²) in [5.74, 6) is -0.306. The normalized spacial score (nSPS) is 12.2. The van der Waals surface area contributed by atoms with Crippen LogP contribution in [-0.2, 0) is 12.4 Å². The quantitative estimate of drug-likeness (QED) is 0.370. The number of halogens is 6. The molecule has 2 aromatic carbocycles. The van der Waals surface area contributed by atoms with E-state index < -0.39 is 23.6 Å². The van der Waals surface area contributed by atoms with Gasteiger partial charge in [0.1, 0.15) is 6.33 Å². The molecule has 0 atom stereocenters. The summed E-state index contributed by atoms with van der Waals surface area (Å²) < 4.78 is 79.8. The van der Waals surface area contributed by atoms with Crippen LogP contribution in [0.15, 0.2) is 73.2 Å². The van der Waals surface area contributed by atoms with E-state index in [1.807, 2.05) is 6.07 Å². The second-order valence-electron chi connectivity index (χ2n) is 6.54. The SMILES string of the molecule is FC(F)(F)c1ccc(-c2cc(C(F)(F)F)nc(-n3cnc(-c4ccccc4)c3)n2)cc1. The average molecular weight is 434 g/mol. The standard InChI is InChI=1S/C21H12F6N4/c22-20(23,24)15-8-6-14(7-9-15)16-10-18(21(25,26)27)30-19(29-16)31-11-17(28-12-31)13-4-2-1-3-5-13/h1-12H. The van der Waals surface area contributed by atoms with Gasteiger partial charge in [-0.3, -0.25) is 4.57 Å². The minimum Gasteiger partial charge on any atom is -0.274 e. The maximum atomic E-state index is 13.4. The molecule has 0 bridgehead atoms. The van der Waals surface area contributed by atoms with Gasteiger partial charge in [-0.25, -0.2) is 15.0 Å². The van der Waals surface area contributed by atoms with E-state index >= 15 is 0 Å². The molecular weight excluding hydrogens is 422 g/mol. The lowest BCUT2D eigenvalue weighted by Crippen LogP contribution is -2.12. The maximum Gasteiger partial charge on any atom is 0.433 e. The number of aromatic nitrogens is 4. The highest BCUT2D eigenvalue weighted by Crippen LogP contribution is 2.33. The number of hydrogen-bond donors (Lipinski definition) is 0. The van der Waals surface area contributed by atoms with Crippen LogP contribution in [0.4, 0.5) is 26.3 Å². The minimum absolute atomic E-state index is 0.0885. The molecule has 0 N–H and O–H groups in total. The first-order valence-corrected chi connectivity index (χ1v) is 8.85. The molecule has 0 saturated heterocycles. The maximum absolute atomic E-state index is 13.4. The first-order chi connectivity index (χ1) is 14.6. The summed E-state index contributed by atoms with van der Waals surface area (Å²) in [4.78, 5) is 11.9. The summed E-state index contributed by atoms with van der Waals surface area (Å²) in [6.07, 6.45) is -6.59. The van der Waals surface area contributed by atoms with Crippen molar-refractivity contribution >= 4 is 0 Å². The van der Waals surface area contributed by atoms with E-state index in [2.05, 4.69) is 15.0 Å². The highest BCUT2D eigenvalue weighted by Gasteiger charge is 2.34. The Hall–Kier alpha value is -3.69. The largest absolute Gasteiger partial charge is 0.433 e. The van der Waals surface area contributed by atoms with Crippen molar-refractivity contribution in [2.24, 2.45) is 0 Å². The Bertz CT molecular complexity index is 1200. The Balaban J connectivity index is 1.78. The van der Waals surface area contributed by atoms with Crippen molar-refractivity contribution in [2.45, 2.75) is 12.4 Å². The van der Waals surface area contributed by atoms with E-state index in [0.717, 1.165) is 29.8 Å². The molecule has 0 radical (unpaired) electrons. The zero-order valence-corrected chi connectivity index (χ0v) is 15.5. The van der Waals surface area contributed by atoms with Crippen molar-refractivity contribution in [1.82, 2.24) is 19.5 Å². The smallest absolute Gasteiger partial charge is 0.274 e. The average Bonchev–Trinajstić information content (AvgIpc) is 3.23. The van der Waals surface area contributed by atoms with Crippen molar-refractivity contribution in [3.8, 4) is 28.5 Å². The van der Waals surface area contributed by atoms with Gasteiger partial charge in [0, 0.05) is 17.3 Å². The summed E-state index contributed by atoms with van der Waals surface area (Å²) in [5, 5.41) is 0. The van der Waals surface area contributed by atoms with E-state index in [9.17, 15) is 26.3 Å². The molecule has 0 fully saturated rings.